The van der Waals surface area contributed by atoms with Crippen LogP contribution in [0, 0.1) is 6.92 Å². The van der Waals surface area contributed by atoms with Gasteiger partial charge in [0.15, 0.2) is 5.69 Å². The summed E-state index contributed by atoms with van der Waals surface area (Å²) in [6, 6.07) is 9.20. The van der Waals surface area contributed by atoms with E-state index >= 15 is 0 Å². The predicted octanol–water partition coefficient (Wildman–Crippen LogP) is 4.75. The molecule has 2 atom stereocenters. The SMILES string of the molecule is Cc1ccc([C@@H]2CCC[C@H](CCc3cc(C(=O)O)nc(C(F)(F)F)n3)O2)cc1. The number of carboxylic acids is 1. The number of aryl methyl sites for hydroxylation is 2. The summed E-state index contributed by atoms with van der Waals surface area (Å²) in [6.45, 7) is 2.01. The van der Waals surface area contributed by atoms with Gasteiger partial charge < -0.3 is 9.84 Å². The summed E-state index contributed by atoms with van der Waals surface area (Å²) in [5.41, 5.74) is 1.65. The highest BCUT2D eigenvalue weighted by Crippen LogP contribution is 2.33. The quantitative estimate of drug-likeness (QED) is 0.793. The molecule has 0 unspecified atom stereocenters. The molecule has 1 aliphatic rings. The van der Waals surface area contributed by atoms with Gasteiger partial charge in [0.2, 0.25) is 5.82 Å². The van der Waals surface area contributed by atoms with Crippen molar-refractivity contribution in [3.8, 4) is 0 Å². The molecule has 0 radical (unpaired) electrons. The maximum atomic E-state index is 12.9. The molecule has 2 heterocycles. The molecule has 2 aromatic rings. The normalized spacial score (nSPS) is 20.1. The Morgan fingerprint density at radius 1 is 1.21 bits per heavy atom. The molecule has 5 nitrogen and oxygen atoms in total. The van der Waals surface area contributed by atoms with Crippen molar-refractivity contribution in [1.29, 1.82) is 0 Å². The molecule has 3 rings (SSSR count). The molecule has 1 aromatic heterocycles. The van der Waals surface area contributed by atoms with E-state index in [0.29, 0.717) is 6.42 Å². The van der Waals surface area contributed by atoms with Gasteiger partial charge in [-0.05, 0) is 50.7 Å². The fourth-order valence-electron chi connectivity index (χ4n) is 3.31. The molecule has 0 saturated carbocycles. The highest BCUT2D eigenvalue weighted by molar-refractivity contribution is 5.85. The van der Waals surface area contributed by atoms with Crippen LogP contribution in [0.25, 0.3) is 0 Å². The van der Waals surface area contributed by atoms with Crippen LogP contribution in [-0.2, 0) is 17.3 Å². The summed E-state index contributed by atoms with van der Waals surface area (Å²) < 4.78 is 44.9. The number of benzene rings is 1. The third kappa shape index (κ3) is 5.07. The van der Waals surface area contributed by atoms with Gasteiger partial charge in [-0.2, -0.15) is 13.2 Å². The second-order valence-corrected chi connectivity index (χ2v) is 7.00. The van der Waals surface area contributed by atoms with Crippen molar-refractivity contribution in [2.24, 2.45) is 0 Å². The van der Waals surface area contributed by atoms with Crippen LogP contribution < -0.4 is 0 Å². The number of alkyl halides is 3. The number of aromatic carboxylic acids is 1. The molecule has 150 valence electrons. The van der Waals surface area contributed by atoms with Gasteiger partial charge in [0.25, 0.3) is 0 Å². The van der Waals surface area contributed by atoms with Gasteiger partial charge >= 0.3 is 12.1 Å². The molecular formula is C20H21F3N2O3. The highest BCUT2D eigenvalue weighted by Gasteiger charge is 2.36. The minimum atomic E-state index is -4.79. The Hall–Kier alpha value is -2.48. The van der Waals surface area contributed by atoms with Crippen molar-refractivity contribution < 1.29 is 27.8 Å². The minimum absolute atomic E-state index is 0.0370. The Morgan fingerprint density at radius 2 is 1.93 bits per heavy atom. The second-order valence-electron chi connectivity index (χ2n) is 7.00. The van der Waals surface area contributed by atoms with Crippen molar-refractivity contribution in [1.82, 2.24) is 9.97 Å². The molecule has 0 amide bonds. The van der Waals surface area contributed by atoms with Crippen LogP contribution >= 0.6 is 0 Å². The summed E-state index contributed by atoms with van der Waals surface area (Å²) in [7, 11) is 0. The number of carbonyl (C=O) groups is 1. The minimum Gasteiger partial charge on any atom is -0.477 e. The number of carboxylic acid groups (broad SMARTS) is 1. The zero-order valence-corrected chi connectivity index (χ0v) is 15.4. The van der Waals surface area contributed by atoms with Gasteiger partial charge in [0.1, 0.15) is 0 Å². The molecule has 28 heavy (non-hydrogen) atoms. The predicted molar refractivity (Wildman–Crippen MR) is 95.0 cm³/mol. The average molecular weight is 394 g/mol. The Bertz CT molecular complexity index is 838. The van der Waals surface area contributed by atoms with E-state index in [1.807, 2.05) is 31.2 Å². The van der Waals surface area contributed by atoms with Gasteiger partial charge in [0.05, 0.1) is 12.2 Å². The van der Waals surface area contributed by atoms with E-state index in [1.54, 1.807) is 0 Å². The van der Waals surface area contributed by atoms with E-state index in [0.717, 1.165) is 36.5 Å². The van der Waals surface area contributed by atoms with Crippen LogP contribution in [-0.4, -0.2) is 27.1 Å². The Kier molecular flexibility index (Phi) is 5.98. The lowest BCUT2D eigenvalue weighted by Crippen LogP contribution is -2.23. The van der Waals surface area contributed by atoms with E-state index in [1.165, 1.54) is 0 Å². The molecule has 0 aliphatic carbocycles. The van der Waals surface area contributed by atoms with E-state index in [2.05, 4.69) is 9.97 Å². The maximum absolute atomic E-state index is 12.9. The van der Waals surface area contributed by atoms with E-state index in [-0.39, 0.29) is 24.3 Å². The average Bonchev–Trinajstić information content (AvgIpc) is 2.66. The number of nitrogens with zero attached hydrogens (tertiary/aromatic N) is 2. The third-order valence-electron chi connectivity index (χ3n) is 4.77. The lowest BCUT2D eigenvalue weighted by Gasteiger charge is -2.30. The topological polar surface area (TPSA) is 72.3 Å². The first-order valence-corrected chi connectivity index (χ1v) is 9.13. The Balaban J connectivity index is 1.68. The fourth-order valence-corrected chi connectivity index (χ4v) is 3.31. The number of aromatic nitrogens is 2. The van der Waals surface area contributed by atoms with Crippen molar-refractivity contribution in [3.05, 3.63) is 58.7 Å². The Labute approximate surface area is 160 Å². The standard InChI is InChI=1S/C20H21F3N2O3/c1-12-5-7-13(8-6-12)17-4-2-3-15(28-17)10-9-14-11-16(18(26)27)25-19(24-14)20(21,22)23/h5-8,11,15,17H,2-4,9-10H2,1H3,(H,26,27)/t15-,17+/m1/s1. The summed E-state index contributed by atoms with van der Waals surface area (Å²) in [5.74, 6) is -2.94. The van der Waals surface area contributed by atoms with Gasteiger partial charge in [-0.25, -0.2) is 14.8 Å². The molecule has 1 saturated heterocycles. The monoisotopic (exact) mass is 394 g/mol. The first kappa shape index (κ1) is 20.3. The molecule has 0 bridgehead atoms. The number of halogens is 3. The highest BCUT2D eigenvalue weighted by atomic mass is 19.4. The first-order valence-electron chi connectivity index (χ1n) is 9.13. The van der Waals surface area contributed by atoms with Crippen LogP contribution in [0.5, 0.6) is 0 Å². The molecule has 1 N–H and O–H groups in total. The molecule has 8 heteroatoms. The molecule has 1 aromatic carbocycles. The summed E-state index contributed by atoms with van der Waals surface area (Å²) in [5, 5.41) is 9.01. The van der Waals surface area contributed by atoms with Crippen molar-refractivity contribution >= 4 is 5.97 Å². The summed E-state index contributed by atoms with van der Waals surface area (Å²) >= 11 is 0. The largest absolute Gasteiger partial charge is 0.477 e. The van der Waals surface area contributed by atoms with E-state index in [9.17, 15) is 18.0 Å². The summed E-state index contributed by atoms with van der Waals surface area (Å²) in [4.78, 5) is 17.7. The lowest BCUT2D eigenvalue weighted by molar-refractivity contribution is -0.145. The Morgan fingerprint density at radius 3 is 2.57 bits per heavy atom. The van der Waals surface area contributed by atoms with Crippen molar-refractivity contribution in [3.63, 3.8) is 0 Å². The first-order chi connectivity index (χ1) is 13.2. The van der Waals surface area contributed by atoms with E-state index in [4.69, 9.17) is 9.84 Å². The molecule has 0 spiro atoms. The summed E-state index contributed by atoms with van der Waals surface area (Å²) in [6.07, 6.45) is -1.62. The smallest absolute Gasteiger partial charge is 0.451 e. The lowest BCUT2D eigenvalue weighted by atomic mass is 9.95. The molecule has 1 aliphatic heterocycles. The van der Waals surface area contributed by atoms with Gasteiger partial charge in [-0.1, -0.05) is 29.8 Å². The van der Waals surface area contributed by atoms with Gasteiger partial charge in [0, 0.05) is 5.69 Å². The maximum Gasteiger partial charge on any atom is 0.451 e. The van der Waals surface area contributed by atoms with E-state index < -0.39 is 23.7 Å². The van der Waals surface area contributed by atoms with Crippen molar-refractivity contribution in [2.75, 3.05) is 0 Å². The fraction of sp³-hybridized carbons (Fsp3) is 0.450. The second kappa shape index (κ2) is 8.26. The zero-order chi connectivity index (χ0) is 20.3. The number of ether oxygens (including phenoxy) is 1. The number of rotatable bonds is 5. The number of hydrogen-bond donors (Lipinski definition) is 1. The van der Waals surface area contributed by atoms with Crippen LogP contribution in [0.3, 0.4) is 0 Å². The van der Waals surface area contributed by atoms with Crippen LogP contribution in [0.15, 0.2) is 30.3 Å². The van der Waals surface area contributed by atoms with Crippen molar-refractivity contribution in [2.45, 2.75) is 57.4 Å². The van der Waals surface area contributed by atoms with Gasteiger partial charge in [-0.3, -0.25) is 0 Å². The third-order valence-corrected chi connectivity index (χ3v) is 4.77. The van der Waals surface area contributed by atoms with Crippen LogP contribution in [0.4, 0.5) is 13.2 Å². The molecule has 1 fully saturated rings. The van der Waals surface area contributed by atoms with Crippen LogP contribution in [0.1, 0.15) is 64.9 Å². The number of hydrogen-bond acceptors (Lipinski definition) is 4. The molecular weight excluding hydrogens is 373 g/mol. The zero-order valence-electron chi connectivity index (χ0n) is 15.4. The van der Waals surface area contributed by atoms with Gasteiger partial charge in [-0.15, -0.1) is 0 Å². The van der Waals surface area contributed by atoms with Crippen LogP contribution in [0.2, 0.25) is 0 Å².